The van der Waals surface area contributed by atoms with Crippen LogP contribution in [0.5, 0.6) is 0 Å². The molecular formula is C18H35IN4O3S. The van der Waals surface area contributed by atoms with Gasteiger partial charge in [0.2, 0.25) is 10.0 Å². The van der Waals surface area contributed by atoms with E-state index in [1.807, 2.05) is 0 Å². The summed E-state index contributed by atoms with van der Waals surface area (Å²) in [6.45, 7) is 8.95. The molecule has 1 spiro atoms. The molecule has 0 atom stereocenters. The third-order valence-electron chi connectivity index (χ3n) is 6.17. The Hall–Kier alpha value is -0.130. The lowest BCUT2D eigenvalue weighted by molar-refractivity contribution is 0.0217. The topological polar surface area (TPSA) is 74.2 Å². The van der Waals surface area contributed by atoms with E-state index in [2.05, 4.69) is 17.1 Å². The number of nitrogens with zero attached hydrogens (tertiary/aromatic N) is 3. The highest BCUT2D eigenvalue weighted by Crippen LogP contribution is 2.39. The fourth-order valence-electron chi connectivity index (χ4n) is 4.39. The molecule has 3 rings (SSSR count). The first-order valence-electron chi connectivity index (χ1n) is 9.98. The molecule has 9 heteroatoms. The summed E-state index contributed by atoms with van der Waals surface area (Å²) < 4.78 is 30.4. The molecule has 0 aliphatic carbocycles. The van der Waals surface area contributed by atoms with Crippen molar-refractivity contribution in [2.45, 2.75) is 39.0 Å². The Labute approximate surface area is 181 Å². The molecule has 0 radical (unpaired) electrons. The second-order valence-electron chi connectivity index (χ2n) is 8.08. The summed E-state index contributed by atoms with van der Waals surface area (Å²) in [5, 5.41) is 3.46. The van der Waals surface area contributed by atoms with Crippen molar-refractivity contribution in [1.82, 2.24) is 14.5 Å². The molecule has 0 bridgehead atoms. The van der Waals surface area contributed by atoms with Crippen LogP contribution in [0, 0.1) is 11.3 Å². The number of halogens is 1. The van der Waals surface area contributed by atoms with Crippen molar-refractivity contribution in [3.05, 3.63) is 0 Å². The van der Waals surface area contributed by atoms with Crippen molar-refractivity contribution in [3.63, 3.8) is 0 Å². The lowest BCUT2D eigenvalue weighted by atomic mass is 9.80. The van der Waals surface area contributed by atoms with Gasteiger partial charge in [0.25, 0.3) is 0 Å². The third-order valence-corrected chi connectivity index (χ3v) is 7.47. The minimum atomic E-state index is -3.05. The van der Waals surface area contributed by atoms with Gasteiger partial charge in [0.15, 0.2) is 5.96 Å². The Morgan fingerprint density at radius 2 is 1.85 bits per heavy atom. The standard InChI is InChI=1S/C18H34N4O3S.HI/c1-3-19-17(21-11-6-18(15-21)7-12-25-13-8-18)20-14-16-4-9-22(10-5-16)26(2,23)24;/h16H,3-15H2,1-2H3,(H,19,20);1H. The molecule has 158 valence electrons. The van der Waals surface area contributed by atoms with Crippen LogP contribution >= 0.6 is 24.0 Å². The van der Waals surface area contributed by atoms with Gasteiger partial charge in [-0.15, -0.1) is 24.0 Å². The van der Waals surface area contributed by atoms with Gasteiger partial charge in [-0.1, -0.05) is 0 Å². The highest BCUT2D eigenvalue weighted by atomic mass is 127. The van der Waals surface area contributed by atoms with Crippen molar-refractivity contribution in [3.8, 4) is 0 Å². The summed E-state index contributed by atoms with van der Waals surface area (Å²) >= 11 is 0. The Kier molecular flexibility index (Phi) is 8.63. The van der Waals surface area contributed by atoms with E-state index >= 15 is 0 Å². The van der Waals surface area contributed by atoms with Crippen LogP contribution in [0.4, 0.5) is 0 Å². The highest BCUT2D eigenvalue weighted by molar-refractivity contribution is 14.0. The second-order valence-corrected chi connectivity index (χ2v) is 10.1. The second kappa shape index (κ2) is 10.1. The molecule has 0 aromatic carbocycles. The average molecular weight is 514 g/mol. The predicted octanol–water partition coefficient (Wildman–Crippen LogP) is 1.74. The maximum atomic E-state index is 11.6. The summed E-state index contributed by atoms with van der Waals surface area (Å²) in [7, 11) is -3.05. The molecule has 3 heterocycles. The molecule has 3 fully saturated rings. The van der Waals surface area contributed by atoms with E-state index in [-0.39, 0.29) is 24.0 Å². The Morgan fingerprint density at radius 3 is 2.44 bits per heavy atom. The first-order chi connectivity index (χ1) is 12.4. The number of guanidine groups is 1. The first-order valence-corrected chi connectivity index (χ1v) is 11.8. The number of likely N-dealkylation sites (tertiary alicyclic amines) is 1. The summed E-state index contributed by atoms with van der Waals surface area (Å²) in [6.07, 6.45) is 6.65. The largest absolute Gasteiger partial charge is 0.381 e. The molecule has 1 N–H and O–H groups in total. The number of ether oxygens (including phenoxy) is 1. The zero-order chi connectivity index (χ0) is 18.6. The fraction of sp³-hybridized carbons (Fsp3) is 0.944. The fourth-order valence-corrected chi connectivity index (χ4v) is 5.27. The molecule has 0 unspecified atom stereocenters. The van der Waals surface area contributed by atoms with E-state index < -0.39 is 10.0 Å². The van der Waals surface area contributed by atoms with Crippen LogP contribution < -0.4 is 5.32 Å². The van der Waals surface area contributed by atoms with Crippen LogP contribution in [-0.2, 0) is 14.8 Å². The molecule has 7 nitrogen and oxygen atoms in total. The van der Waals surface area contributed by atoms with E-state index in [9.17, 15) is 8.42 Å². The van der Waals surface area contributed by atoms with Gasteiger partial charge in [-0.05, 0) is 50.4 Å². The van der Waals surface area contributed by atoms with Gasteiger partial charge in [-0.3, -0.25) is 4.99 Å². The van der Waals surface area contributed by atoms with Crippen LogP contribution in [0.2, 0.25) is 0 Å². The van der Waals surface area contributed by atoms with Crippen molar-refractivity contribution in [1.29, 1.82) is 0 Å². The summed E-state index contributed by atoms with van der Waals surface area (Å²) in [5.74, 6) is 1.50. The lowest BCUT2D eigenvalue weighted by Gasteiger charge is -2.34. The summed E-state index contributed by atoms with van der Waals surface area (Å²) in [5.41, 5.74) is 0.412. The van der Waals surface area contributed by atoms with E-state index in [0.717, 1.165) is 71.0 Å². The predicted molar refractivity (Wildman–Crippen MR) is 119 cm³/mol. The number of rotatable bonds is 4. The smallest absolute Gasteiger partial charge is 0.211 e. The Balaban J connectivity index is 0.00000261. The zero-order valence-electron chi connectivity index (χ0n) is 16.7. The van der Waals surface area contributed by atoms with Gasteiger partial charge in [0, 0.05) is 52.5 Å². The number of hydrogen-bond acceptors (Lipinski definition) is 4. The molecule has 27 heavy (non-hydrogen) atoms. The minimum absolute atomic E-state index is 0. The monoisotopic (exact) mass is 514 g/mol. The van der Waals surface area contributed by atoms with Crippen molar-refractivity contribution < 1.29 is 13.2 Å². The summed E-state index contributed by atoms with van der Waals surface area (Å²) in [6, 6.07) is 0. The number of piperidine rings is 1. The molecule has 0 amide bonds. The van der Waals surface area contributed by atoms with Crippen molar-refractivity contribution in [2.24, 2.45) is 16.3 Å². The van der Waals surface area contributed by atoms with E-state index in [1.165, 1.54) is 12.7 Å². The van der Waals surface area contributed by atoms with Crippen LogP contribution in [-0.4, -0.2) is 82.3 Å². The highest BCUT2D eigenvalue weighted by Gasteiger charge is 2.40. The van der Waals surface area contributed by atoms with Crippen LogP contribution in [0.25, 0.3) is 0 Å². The molecule has 3 aliphatic heterocycles. The molecular weight excluding hydrogens is 479 g/mol. The maximum Gasteiger partial charge on any atom is 0.211 e. The van der Waals surface area contributed by atoms with Gasteiger partial charge >= 0.3 is 0 Å². The van der Waals surface area contributed by atoms with E-state index in [0.29, 0.717) is 24.4 Å². The van der Waals surface area contributed by atoms with Gasteiger partial charge in [0.05, 0.1) is 6.26 Å². The van der Waals surface area contributed by atoms with Gasteiger partial charge in [-0.2, -0.15) is 0 Å². The van der Waals surface area contributed by atoms with Crippen LogP contribution in [0.1, 0.15) is 39.0 Å². The van der Waals surface area contributed by atoms with E-state index in [4.69, 9.17) is 9.73 Å². The molecule has 3 saturated heterocycles. The van der Waals surface area contributed by atoms with Gasteiger partial charge in [-0.25, -0.2) is 12.7 Å². The quantitative estimate of drug-likeness (QED) is 0.352. The van der Waals surface area contributed by atoms with Crippen molar-refractivity contribution >= 4 is 40.0 Å². The van der Waals surface area contributed by atoms with Crippen LogP contribution in [0.15, 0.2) is 4.99 Å². The van der Waals surface area contributed by atoms with E-state index in [1.54, 1.807) is 4.31 Å². The lowest BCUT2D eigenvalue weighted by Crippen LogP contribution is -2.43. The minimum Gasteiger partial charge on any atom is -0.381 e. The molecule has 0 saturated carbocycles. The average Bonchev–Trinajstić information content (AvgIpc) is 3.02. The van der Waals surface area contributed by atoms with Crippen molar-refractivity contribution in [2.75, 3.05) is 58.7 Å². The maximum absolute atomic E-state index is 11.6. The first kappa shape index (κ1) is 23.2. The molecule has 0 aromatic heterocycles. The SMILES string of the molecule is CCNC(=NCC1CCN(S(C)(=O)=O)CC1)N1CCC2(CCOCC2)C1.I. The normalized spacial score (nSPS) is 24.8. The van der Waals surface area contributed by atoms with Crippen LogP contribution in [0.3, 0.4) is 0 Å². The number of aliphatic imine (C=N–C) groups is 1. The number of nitrogens with one attached hydrogen (secondary N) is 1. The number of sulfonamides is 1. The Morgan fingerprint density at radius 1 is 1.19 bits per heavy atom. The molecule has 0 aromatic rings. The molecule has 3 aliphatic rings. The third kappa shape index (κ3) is 6.17. The zero-order valence-corrected chi connectivity index (χ0v) is 19.8. The van der Waals surface area contributed by atoms with Gasteiger partial charge < -0.3 is 15.0 Å². The number of hydrogen-bond donors (Lipinski definition) is 1. The van der Waals surface area contributed by atoms with Gasteiger partial charge in [0.1, 0.15) is 0 Å². The summed E-state index contributed by atoms with van der Waals surface area (Å²) in [4.78, 5) is 7.33. The Bertz CT molecular complexity index is 600.